The molecule has 0 aliphatic heterocycles. The molecule has 1 aromatic heterocycles. The van der Waals surface area contributed by atoms with Crippen LogP contribution in [0.3, 0.4) is 0 Å². The third-order valence-corrected chi connectivity index (χ3v) is 4.59. The lowest BCUT2D eigenvalue weighted by Gasteiger charge is -2.10. The summed E-state index contributed by atoms with van der Waals surface area (Å²) in [6, 6.07) is 13.8. The standard InChI is InChI=1S/C21H23N3O2/c1-14-6-5-9-18(15(14)2)24-21(26)12-20(25)22-11-10-16-13-23-19-8-4-3-7-17(16)19/h3-9,13,23H,10-12H2,1-2H3,(H,22,25)(H,24,26). The molecule has 134 valence electrons. The molecule has 0 atom stereocenters. The van der Waals surface area contributed by atoms with E-state index in [4.69, 9.17) is 0 Å². The van der Waals surface area contributed by atoms with E-state index >= 15 is 0 Å². The van der Waals surface area contributed by atoms with Gasteiger partial charge in [-0.15, -0.1) is 0 Å². The zero-order valence-electron chi connectivity index (χ0n) is 15.1. The highest BCUT2D eigenvalue weighted by atomic mass is 16.2. The molecule has 5 heteroatoms. The van der Waals surface area contributed by atoms with Crippen molar-refractivity contribution in [2.75, 3.05) is 11.9 Å². The predicted octanol–water partition coefficient (Wildman–Crippen LogP) is 3.47. The summed E-state index contributed by atoms with van der Waals surface area (Å²) in [5, 5.41) is 6.78. The molecular formula is C21H23N3O2. The number of carbonyl (C=O) groups is 2. The number of benzene rings is 2. The van der Waals surface area contributed by atoms with Gasteiger partial charge in [0, 0.05) is 29.3 Å². The van der Waals surface area contributed by atoms with E-state index in [-0.39, 0.29) is 18.2 Å². The van der Waals surface area contributed by atoms with Crippen molar-refractivity contribution in [3.8, 4) is 0 Å². The minimum atomic E-state index is -0.303. The van der Waals surface area contributed by atoms with E-state index in [9.17, 15) is 9.59 Å². The number of H-pyrrole nitrogens is 1. The Hall–Kier alpha value is -3.08. The van der Waals surface area contributed by atoms with Crippen LogP contribution < -0.4 is 10.6 Å². The van der Waals surface area contributed by atoms with Crippen LogP contribution in [0.25, 0.3) is 10.9 Å². The van der Waals surface area contributed by atoms with Gasteiger partial charge >= 0.3 is 0 Å². The van der Waals surface area contributed by atoms with Gasteiger partial charge in [-0.05, 0) is 49.1 Å². The van der Waals surface area contributed by atoms with Crippen molar-refractivity contribution in [1.29, 1.82) is 0 Å². The van der Waals surface area contributed by atoms with Crippen molar-refractivity contribution in [1.82, 2.24) is 10.3 Å². The summed E-state index contributed by atoms with van der Waals surface area (Å²) in [5.74, 6) is -0.573. The van der Waals surface area contributed by atoms with E-state index in [2.05, 4.69) is 21.7 Å². The fraction of sp³-hybridized carbons (Fsp3) is 0.238. The molecule has 1 heterocycles. The molecule has 0 unspecified atom stereocenters. The van der Waals surface area contributed by atoms with Crippen LogP contribution in [-0.4, -0.2) is 23.3 Å². The summed E-state index contributed by atoms with van der Waals surface area (Å²) in [5.41, 5.74) is 5.11. The van der Waals surface area contributed by atoms with Crippen LogP contribution in [0.4, 0.5) is 5.69 Å². The highest BCUT2D eigenvalue weighted by Gasteiger charge is 2.11. The average molecular weight is 349 g/mol. The van der Waals surface area contributed by atoms with E-state index in [1.54, 1.807) is 0 Å². The SMILES string of the molecule is Cc1cccc(NC(=O)CC(=O)NCCc2c[nH]c3ccccc23)c1C. The fourth-order valence-corrected chi connectivity index (χ4v) is 2.96. The molecule has 2 amide bonds. The molecule has 0 aliphatic carbocycles. The van der Waals surface area contributed by atoms with Crippen molar-refractivity contribution in [2.24, 2.45) is 0 Å². The van der Waals surface area contributed by atoms with Crippen LogP contribution in [0.15, 0.2) is 48.7 Å². The van der Waals surface area contributed by atoms with Crippen molar-refractivity contribution in [3.05, 3.63) is 65.4 Å². The minimum absolute atomic E-state index is 0.179. The average Bonchev–Trinajstić information content (AvgIpc) is 3.02. The van der Waals surface area contributed by atoms with Crippen LogP contribution in [0.5, 0.6) is 0 Å². The third kappa shape index (κ3) is 4.11. The Morgan fingerprint density at radius 1 is 1.00 bits per heavy atom. The molecule has 2 aromatic carbocycles. The molecule has 3 rings (SSSR count). The van der Waals surface area contributed by atoms with Crippen molar-refractivity contribution < 1.29 is 9.59 Å². The van der Waals surface area contributed by atoms with E-state index in [0.717, 1.165) is 33.3 Å². The van der Waals surface area contributed by atoms with Gasteiger partial charge in [0.15, 0.2) is 0 Å². The number of para-hydroxylation sites is 1. The summed E-state index contributed by atoms with van der Waals surface area (Å²) in [6.45, 7) is 4.44. The van der Waals surface area contributed by atoms with Gasteiger partial charge in [-0.2, -0.15) is 0 Å². The molecule has 0 saturated heterocycles. The lowest BCUT2D eigenvalue weighted by molar-refractivity contribution is -0.126. The monoisotopic (exact) mass is 349 g/mol. The Morgan fingerprint density at radius 2 is 1.81 bits per heavy atom. The second kappa shape index (κ2) is 7.87. The maximum atomic E-state index is 12.1. The first-order valence-electron chi connectivity index (χ1n) is 8.72. The van der Waals surface area contributed by atoms with Gasteiger partial charge in [-0.3, -0.25) is 9.59 Å². The molecule has 26 heavy (non-hydrogen) atoms. The van der Waals surface area contributed by atoms with E-state index in [1.165, 1.54) is 0 Å². The molecule has 0 radical (unpaired) electrons. The van der Waals surface area contributed by atoms with E-state index in [0.29, 0.717) is 13.0 Å². The summed E-state index contributed by atoms with van der Waals surface area (Å²) < 4.78 is 0. The van der Waals surface area contributed by atoms with Gasteiger partial charge in [-0.25, -0.2) is 0 Å². The second-order valence-electron chi connectivity index (χ2n) is 6.43. The van der Waals surface area contributed by atoms with Gasteiger partial charge in [0.1, 0.15) is 6.42 Å². The number of anilines is 1. The number of hydrogen-bond acceptors (Lipinski definition) is 2. The number of carbonyl (C=O) groups excluding carboxylic acids is 2. The third-order valence-electron chi connectivity index (χ3n) is 4.59. The van der Waals surface area contributed by atoms with Gasteiger partial charge in [0.05, 0.1) is 0 Å². The second-order valence-corrected chi connectivity index (χ2v) is 6.43. The Kier molecular flexibility index (Phi) is 5.37. The smallest absolute Gasteiger partial charge is 0.233 e. The van der Waals surface area contributed by atoms with Crippen LogP contribution in [0.2, 0.25) is 0 Å². The minimum Gasteiger partial charge on any atom is -0.361 e. The molecule has 3 N–H and O–H groups in total. The van der Waals surface area contributed by atoms with Crippen LogP contribution in [0.1, 0.15) is 23.1 Å². The molecular weight excluding hydrogens is 326 g/mol. The van der Waals surface area contributed by atoms with Crippen molar-refractivity contribution in [3.63, 3.8) is 0 Å². The number of fused-ring (bicyclic) bond motifs is 1. The van der Waals surface area contributed by atoms with Crippen LogP contribution in [-0.2, 0) is 16.0 Å². The quantitative estimate of drug-likeness (QED) is 0.596. The Labute approximate surface area is 152 Å². The first kappa shape index (κ1) is 17.7. The number of aromatic nitrogens is 1. The maximum Gasteiger partial charge on any atom is 0.233 e. The molecule has 0 spiro atoms. The Morgan fingerprint density at radius 3 is 2.65 bits per heavy atom. The van der Waals surface area contributed by atoms with Crippen molar-refractivity contribution >= 4 is 28.4 Å². The fourth-order valence-electron chi connectivity index (χ4n) is 2.96. The lowest BCUT2D eigenvalue weighted by Crippen LogP contribution is -2.29. The van der Waals surface area contributed by atoms with Crippen LogP contribution in [0, 0.1) is 13.8 Å². The summed E-state index contributed by atoms with van der Waals surface area (Å²) in [6.07, 6.45) is 2.50. The van der Waals surface area contributed by atoms with E-state index in [1.807, 2.05) is 56.4 Å². The summed E-state index contributed by atoms with van der Waals surface area (Å²) in [7, 11) is 0. The Balaban J connectivity index is 1.48. The molecule has 3 aromatic rings. The zero-order chi connectivity index (χ0) is 18.5. The molecule has 0 bridgehead atoms. The van der Waals surface area contributed by atoms with Gasteiger partial charge < -0.3 is 15.6 Å². The Bertz CT molecular complexity index is 943. The molecule has 0 saturated carbocycles. The molecule has 5 nitrogen and oxygen atoms in total. The highest BCUT2D eigenvalue weighted by Crippen LogP contribution is 2.18. The lowest BCUT2D eigenvalue weighted by atomic mass is 10.1. The first-order valence-corrected chi connectivity index (χ1v) is 8.72. The van der Waals surface area contributed by atoms with Crippen LogP contribution >= 0.6 is 0 Å². The van der Waals surface area contributed by atoms with E-state index < -0.39 is 0 Å². The number of amides is 2. The maximum absolute atomic E-state index is 12.1. The summed E-state index contributed by atoms with van der Waals surface area (Å²) >= 11 is 0. The number of nitrogens with one attached hydrogen (secondary N) is 3. The molecule has 0 aliphatic rings. The highest BCUT2D eigenvalue weighted by molar-refractivity contribution is 6.03. The van der Waals surface area contributed by atoms with Gasteiger partial charge in [0.25, 0.3) is 0 Å². The largest absolute Gasteiger partial charge is 0.361 e. The number of aromatic amines is 1. The molecule has 0 fully saturated rings. The van der Waals surface area contributed by atoms with Crippen molar-refractivity contribution in [2.45, 2.75) is 26.7 Å². The predicted molar refractivity (Wildman–Crippen MR) is 104 cm³/mol. The number of aryl methyl sites for hydroxylation is 1. The van der Waals surface area contributed by atoms with Gasteiger partial charge in [0.2, 0.25) is 11.8 Å². The zero-order valence-corrected chi connectivity index (χ0v) is 15.1. The summed E-state index contributed by atoms with van der Waals surface area (Å²) in [4.78, 5) is 27.3. The first-order chi connectivity index (χ1) is 12.5. The number of hydrogen-bond donors (Lipinski definition) is 3. The normalized spacial score (nSPS) is 10.7. The number of rotatable bonds is 6. The van der Waals surface area contributed by atoms with Gasteiger partial charge in [-0.1, -0.05) is 30.3 Å². The topological polar surface area (TPSA) is 74.0 Å².